The Bertz CT molecular complexity index is 1830. The van der Waals surface area contributed by atoms with E-state index in [-0.39, 0.29) is 52.1 Å². The van der Waals surface area contributed by atoms with Gasteiger partial charge in [-0.25, -0.2) is 13.2 Å². The number of amides is 2. The van der Waals surface area contributed by atoms with E-state index in [4.69, 9.17) is 10.5 Å². The fourth-order valence-corrected chi connectivity index (χ4v) is 6.54. The number of nitrogens with zero attached hydrogens (tertiary/aromatic N) is 4. The van der Waals surface area contributed by atoms with Crippen molar-refractivity contribution in [2.24, 2.45) is 5.73 Å². The highest BCUT2D eigenvalue weighted by molar-refractivity contribution is 7.89. The minimum absolute atomic E-state index is 0.0286. The first-order valence-corrected chi connectivity index (χ1v) is 14.0. The van der Waals surface area contributed by atoms with Crippen LogP contribution in [-0.2, 0) is 22.0 Å². The number of anilines is 1. The molecule has 218 valence electrons. The van der Waals surface area contributed by atoms with Crippen molar-refractivity contribution in [3.05, 3.63) is 83.1 Å². The van der Waals surface area contributed by atoms with Gasteiger partial charge in [0.05, 0.1) is 23.9 Å². The van der Waals surface area contributed by atoms with Crippen LogP contribution in [0.1, 0.15) is 56.3 Å². The summed E-state index contributed by atoms with van der Waals surface area (Å²) in [5.41, 5.74) is 5.69. The zero-order valence-corrected chi connectivity index (χ0v) is 23.6. The molecule has 1 aliphatic rings. The number of carbonyl (C=O) groups excluding carboxylic acids is 2. The highest BCUT2D eigenvalue weighted by Gasteiger charge is 2.41. The summed E-state index contributed by atoms with van der Waals surface area (Å²) in [5.74, 6) is -2.75. The standard InChI is InChI=1S/C27H27N7O7S/c1-27(2)14-33(42(39,40)15-6-4-8-29-12-15)13-18-22(27)31-32-24(18)30-25(36)17-10-20(21(41-3)11-16(17)23(28)35)34-9-5-7-19(34)26(37)38/h4-12H,13-14H2,1-3H3,(H2,28,35)(H,37,38)(H2,30,31,32,36). The van der Waals surface area contributed by atoms with Gasteiger partial charge in [-0.1, -0.05) is 13.8 Å². The average molecular weight is 594 g/mol. The molecule has 1 aromatic carbocycles. The third kappa shape index (κ3) is 4.88. The molecule has 3 aromatic heterocycles. The maximum Gasteiger partial charge on any atom is 0.352 e. The molecule has 0 radical (unpaired) electrons. The molecule has 42 heavy (non-hydrogen) atoms. The Morgan fingerprint density at radius 3 is 2.57 bits per heavy atom. The van der Waals surface area contributed by atoms with E-state index in [1.165, 1.54) is 71.0 Å². The van der Waals surface area contributed by atoms with Crippen molar-refractivity contribution in [2.45, 2.75) is 30.7 Å². The summed E-state index contributed by atoms with van der Waals surface area (Å²) in [4.78, 5) is 41.7. The number of pyridine rings is 1. The lowest BCUT2D eigenvalue weighted by Gasteiger charge is -2.36. The molecular formula is C27H27N7O7S. The topological polar surface area (TPSA) is 203 Å². The van der Waals surface area contributed by atoms with E-state index < -0.39 is 33.2 Å². The monoisotopic (exact) mass is 593 g/mol. The summed E-state index contributed by atoms with van der Waals surface area (Å²) in [7, 11) is -2.60. The van der Waals surface area contributed by atoms with E-state index in [9.17, 15) is 27.9 Å². The Kier molecular flexibility index (Phi) is 7.08. The molecule has 4 aromatic rings. The van der Waals surface area contributed by atoms with Crippen LogP contribution in [0.25, 0.3) is 5.69 Å². The largest absolute Gasteiger partial charge is 0.495 e. The summed E-state index contributed by atoms with van der Waals surface area (Å²) in [6.07, 6.45) is 4.21. The second-order valence-corrected chi connectivity index (χ2v) is 12.2. The third-order valence-electron chi connectivity index (χ3n) is 7.01. The van der Waals surface area contributed by atoms with Gasteiger partial charge in [-0.05, 0) is 36.4 Å². The summed E-state index contributed by atoms with van der Waals surface area (Å²) < 4.78 is 34.8. The summed E-state index contributed by atoms with van der Waals surface area (Å²) in [6, 6.07) is 8.41. The first-order chi connectivity index (χ1) is 19.8. The van der Waals surface area contributed by atoms with E-state index in [1.54, 1.807) is 0 Å². The minimum Gasteiger partial charge on any atom is -0.495 e. The zero-order valence-electron chi connectivity index (χ0n) is 22.8. The van der Waals surface area contributed by atoms with Gasteiger partial charge in [0.2, 0.25) is 15.9 Å². The number of carboxylic acids is 1. The number of hydrogen-bond acceptors (Lipinski definition) is 8. The number of H-pyrrole nitrogens is 1. The molecule has 0 saturated heterocycles. The van der Waals surface area contributed by atoms with E-state index in [0.29, 0.717) is 11.3 Å². The fourth-order valence-electron chi connectivity index (χ4n) is 5.01. The Balaban J connectivity index is 1.55. The Labute approximate surface area is 240 Å². The van der Waals surface area contributed by atoms with Gasteiger partial charge in [-0.15, -0.1) is 0 Å². The molecule has 0 atom stereocenters. The fraction of sp³-hybridized carbons (Fsp3) is 0.222. The molecule has 5 rings (SSSR count). The van der Waals surface area contributed by atoms with Gasteiger partial charge in [0.15, 0.2) is 5.82 Å². The molecule has 2 amide bonds. The molecule has 14 nitrogen and oxygen atoms in total. The van der Waals surface area contributed by atoms with Gasteiger partial charge in [0.25, 0.3) is 5.91 Å². The number of hydrogen-bond donors (Lipinski definition) is 4. The van der Waals surface area contributed by atoms with Gasteiger partial charge in [-0.3, -0.25) is 19.7 Å². The number of carboxylic acid groups (broad SMARTS) is 1. The van der Waals surface area contributed by atoms with Crippen molar-refractivity contribution >= 4 is 33.6 Å². The number of nitrogens with one attached hydrogen (secondary N) is 2. The van der Waals surface area contributed by atoms with Crippen LogP contribution < -0.4 is 15.8 Å². The number of sulfonamides is 1. The van der Waals surface area contributed by atoms with Crippen molar-refractivity contribution < 1.29 is 32.6 Å². The smallest absolute Gasteiger partial charge is 0.352 e. The van der Waals surface area contributed by atoms with Crippen molar-refractivity contribution in [3.63, 3.8) is 0 Å². The van der Waals surface area contributed by atoms with Crippen molar-refractivity contribution in [1.29, 1.82) is 0 Å². The molecule has 15 heteroatoms. The molecule has 0 bridgehead atoms. The van der Waals surface area contributed by atoms with E-state index in [1.807, 2.05) is 13.8 Å². The highest BCUT2D eigenvalue weighted by Crippen LogP contribution is 2.38. The lowest BCUT2D eigenvalue weighted by atomic mass is 9.84. The number of carbonyl (C=O) groups is 3. The van der Waals surface area contributed by atoms with E-state index in [2.05, 4.69) is 20.5 Å². The summed E-state index contributed by atoms with van der Waals surface area (Å²) >= 11 is 0. The third-order valence-corrected chi connectivity index (χ3v) is 8.79. The Morgan fingerprint density at radius 2 is 1.93 bits per heavy atom. The number of benzene rings is 1. The maximum atomic E-state index is 13.6. The SMILES string of the molecule is COc1cc(C(N)=O)c(C(=O)Nc2n[nH]c3c2CN(S(=O)(=O)c2cccnc2)CC3(C)C)cc1-n1cccc1C(=O)O. The first-order valence-electron chi connectivity index (χ1n) is 12.6. The minimum atomic E-state index is -3.93. The second kappa shape index (κ2) is 10.4. The molecule has 0 saturated carbocycles. The van der Waals surface area contributed by atoms with Crippen LogP contribution in [-0.4, -0.2) is 69.0 Å². The molecule has 0 unspecified atom stereocenters. The van der Waals surface area contributed by atoms with Crippen LogP contribution in [0.4, 0.5) is 5.82 Å². The number of aromatic carboxylic acids is 1. The Morgan fingerprint density at radius 1 is 1.17 bits per heavy atom. The van der Waals surface area contributed by atoms with Crippen LogP contribution in [0.3, 0.4) is 0 Å². The van der Waals surface area contributed by atoms with Crippen LogP contribution >= 0.6 is 0 Å². The predicted molar refractivity (Wildman–Crippen MR) is 149 cm³/mol. The lowest BCUT2D eigenvalue weighted by Crippen LogP contribution is -2.45. The maximum absolute atomic E-state index is 13.6. The number of methoxy groups -OCH3 is 1. The van der Waals surface area contributed by atoms with Crippen LogP contribution in [0.5, 0.6) is 5.75 Å². The predicted octanol–water partition coefficient (Wildman–Crippen LogP) is 2.14. The van der Waals surface area contributed by atoms with Crippen molar-refractivity contribution in [1.82, 2.24) is 24.1 Å². The Hall–Kier alpha value is -5.02. The number of rotatable bonds is 8. The summed E-state index contributed by atoms with van der Waals surface area (Å²) in [5, 5.41) is 19.4. The molecule has 4 heterocycles. The average Bonchev–Trinajstić information content (AvgIpc) is 3.60. The normalized spacial score (nSPS) is 14.6. The highest BCUT2D eigenvalue weighted by atomic mass is 32.2. The molecule has 0 spiro atoms. The second-order valence-electron chi connectivity index (χ2n) is 10.2. The number of fused-ring (bicyclic) bond motifs is 1. The van der Waals surface area contributed by atoms with Gasteiger partial charge < -0.3 is 25.5 Å². The quantitative estimate of drug-likeness (QED) is 0.236. The number of nitrogens with two attached hydrogens (primary N) is 1. The van der Waals surface area contributed by atoms with E-state index in [0.717, 1.165) is 0 Å². The number of aromatic amines is 1. The van der Waals surface area contributed by atoms with Gasteiger partial charge in [0.1, 0.15) is 16.3 Å². The van der Waals surface area contributed by atoms with Crippen LogP contribution in [0.15, 0.2) is 59.9 Å². The van der Waals surface area contributed by atoms with Crippen molar-refractivity contribution in [2.75, 3.05) is 19.0 Å². The zero-order chi connectivity index (χ0) is 30.4. The van der Waals surface area contributed by atoms with Crippen LogP contribution in [0, 0.1) is 0 Å². The number of ether oxygens (including phenoxy) is 1. The van der Waals surface area contributed by atoms with Gasteiger partial charge in [0, 0.05) is 48.4 Å². The van der Waals surface area contributed by atoms with E-state index >= 15 is 0 Å². The van der Waals surface area contributed by atoms with Crippen molar-refractivity contribution in [3.8, 4) is 11.4 Å². The van der Waals surface area contributed by atoms with Gasteiger partial charge >= 0.3 is 5.97 Å². The first kappa shape index (κ1) is 28.5. The number of primary amides is 1. The molecule has 0 fully saturated rings. The van der Waals surface area contributed by atoms with Crippen LogP contribution in [0.2, 0.25) is 0 Å². The lowest BCUT2D eigenvalue weighted by molar-refractivity contribution is 0.0687. The molecule has 1 aliphatic heterocycles. The molecule has 0 aliphatic carbocycles. The molecule has 5 N–H and O–H groups in total. The number of aromatic nitrogens is 4. The molecular weight excluding hydrogens is 566 g/mol. The summed E-state index contributed by atoms with van der Waals surface area (Å²) in [6.45, 7) is 3.74. The van der Waals surface area contributed by atoms with Gasteiger partial charge in [-0.2, -0.15) is 9.40 Å².